The first kappa shape index (κ1) is 17.8. The van der Waals surface area contributed by atoms with Crippen molar-refractivity contribution in [1.29, 1.82) is 0 Å². The predicted molar refractivity (Wildman–Crippen MR) is 95.9 cm³/mol. The van der Waals surface area contributed by atoms with Crippen LogP contribution >= 0.6 is 11.6 Å². The average Bonchev–Trinajstić information content (AvgIpc) is 2.60. The smallest absolute Gasteiger partial charge is 0.331 e. The molecule has 0 saturated carbocycles. The fourth-order valence-corrected chi connectivity index (χ4v) is 2.18. The third kappa shape index (κ3) is 4.96. The highest BCUT2D eigenvalue weighted by Crippen LogP contribution is 2.14. The van der Waals surface area contributed by atoms with Crippen molar-refractivity contribution in [1.82, 2.24) is 0 Å². The molecule has 2 aromatic rings. The molecule has 1 amide bonds. The quantitative estimate of drug-likeness (QED) is 0.610. The molecule has 5 heteroatoms. The first-order valence-corrected chi connectivity index (χ1v) is 7.82. The Kier molecular flexibility index (Phi) is 6.15. The van der Waals surface area contributed by atoms with Gasteiger partial charge in [0.1, 0.15) is 0 Å². The normalized spacial score (nSPS) is 12.0. The molecule has 0 N–H and O–H groups in total. The van der Waals surface area contributed by atoms with Crippen molar-refractivity contribution in [2.24, 2.45) is 0 Å². The summed E-state index contributed by atoms with van der Waals surface area (Å²) in [4.78, 5) is 25.6. The molecule has 0 unspecified atom stereocenters. The van der Waals surface area contributed by atoms with Crippen LogP contribution in [-0.2, 0) is 14.3 Å². The molecule has 0 saturated heterocycles. The minimum atomic E-state index is -0.877. The molecule has 0 aliphatic rings. The van der Waals surface area contributed by atoms with Gasteiger partial charge in [0.25, 0.3) is 5.91 Å². The molecule has 0 radical (unpaired) electrons. The summed E-state index contributed by atoms with van der Waals surface area (Å²) in [6, 6.07) is 16.2. The van der Waals surface area contributed by atoms with E-state index in [0.29, 0.717) is 5.02 Å². The van der Waals surface area contributed by atoms with Gasteiger partial charge in [-0.2, -0.15) is 0 Å². The Morgan fingerprint density at radius 2 is 1.71 bits per heavy atom. The maximum absolute atomic E-state index is 12.3. The summed E-state index contributed by atoms with van der Waals surface area (Å²) in [5.41, 5.74) is 1.55. The fraction of sp³-hybridized carbons (Fsp3) is 0.158. The van der Waals surface area contributed by atoms with Gasteiger partial charge in [0, 0.05) is 23.8 Å². The Labute approximate surface area is 146 Å². The summed E-state index contributed by atoms with van der Waals surface area (Å²) < 4.78 is 5.16. The first-order valence-electron chi connectivity index (χ1n) is 7.44. The monoisotopic (exact) mass is 343 g/mol. The highest BCUT2D eigenvalue weighted by Gasteiger charge is 2.21. The summed E-state index contributed by atoms with van der Waals surface area (Å²) >= 11 is 5.80. The number of carbonyl (C=O) groups excluding carboxylic acids is 2. The van der Waals surface area contributed by atoms with Gasteiger partial charge in [-0.3, -0.25) is 4.79 Å². The maximum Gasteiger partial charge on any atom is 0.331 e. The Morgan fingerprint density at radius 1 is 1.08 bits per heavy atom. The van der Waals surface area contributed by atoms with Gasteiger partial charge in [0.15, 0.2) is 6.10 Å². The van der Waals surface area contributed by atoms with E-state index in [1.807, 2.05) is 30.3 Å². The van der Waals surface area contributed by atoms with Crippen molar-refractivity contribution in [2.45, 2.75) is 13.0 Å². The molecule has 0 aromatic heterocycles. The molecule has 0 heterocycles. The van der Waals surface area contributed by atoms with E-state index < -0.39 is 12.1 Å². The van der Waals surface area contributed by atoms with E-state index in [-0.39, 0.29) is 5.91 Å². The van der Waals surface area contributed by atoms with Crippen molar-refractivity contribution in [3.05, 3.63) is 71.3 Å². The molecule has 24 heavy (non-hydrogen) atoms. The number of hydrogen-bond donors (Lipinski definition) is 0. The van der Waals surface area contributed by atoms with E-state index >= 15 is 0 Å². The van der Waals surface area contributed by atoms with E-state index in [1.165, 1.54) is 11.0 Å². The van der Waals surface area contributed by atoms with Crippen LogP contribution in [0.3, 0.4) is 0 Å². The Balaban J connectivity index is 1.93. The highest BCUT2D eigenvalue weighted by molar-refractivity contribution is 6.30. The van der Waals surface area contributed by atoms with Gasteiger partial charge >= 0.3 is 5.97 Å². The van der Waals surface area contributed by atoms with Crippen LogP contribution in [0.15, 0.2) is 60.7 Å². The molecule has 0 aliphatic heterocycles. The van der Waals surface area contributed by atoms with Gasteiger partial charge in [-0.1, -0.05) is 41.9 Å². The Morgan fingerprint density at radius 3 is 2.33 bits per heavy atom. The summed E-state index contributed by atoms with van der Waals surface area (Å²) in [6.07, 6.45) is 2.02. The number of ether oxygens (including phenoxy) is 1. The SMILES string of the molecule is C[C@H](OC(=O)/C=C/c1ccc(Cl)cc1)C(=O)N(C)c1ccccc1. The summed E-state index contributed by atoms with van der Waals surface area (Å²) in [5.74, 6) is -0.873. The minimum absolute atomic E-state index is 0.297. The first-order chi connectivity index (χ1) is 11.5. The molecule has 2 rings (SSSR count). The molecule has 124 valence electrons. The van der Waals surface area contributed by atoms with E-state index in [2.05, 4.69) is 0 Å². The van der Waals surface area contributed by atoms with Crippen LogP contribution in [0.1, 0.15) is 12.5 Å². The van der Waals surface area contributed by atoms with E-state index in [9.17, 15) is 9.59 Å². The van der Waals surface area contributed by atoms with Crippen molar-refractivity contribution in [3.63, 3.8) is 0 Å². The molecule has 4 nitrogen and oxygen atoms in total. The standard InChI is InChI=1S/C19H18ClNO3/c1-14(19(23)21(2)17-6-4-3-5-7-17)24-18(22)13-10-15-8-11-16(20)12-9-15/h3-14H,1-2H3/b13-10+/t14-/m0/s1. The van der Waals surface area contributed by atoms with Crippen LogP contribution in [0, 0.1) is 0 Å². The summed E-state index contributed by atoms with van der Waals surface area (Å²) in [6.45, 7) is 1.55. The van der Waals surface area contributed by atoms with Crippen molar-refractivity contribution in [3.8, 4) is 0 Å². The summed E-state index contributed by atoms with van der Waals surface area (Å²) in [5, 5.41) is 0.623. The van der Waals surface area contributed by atoms with Crippen LogP contribution in [0.25, 0.3) is 6.08 Å². The average molecular weight is 344 g/mol. The van der Waals surface area contributed by atoms with Gasteiger partial charge in [0.05, 0.1) is 0 Å². The number of amides is 1. The van der Waals surface area contributed by atoms with Gasteiger partial charge in [-0.25, -0.2) is 4.79 Å². The lowest BCUT2D eigenvalue weighted by atomic mass is 10.2. The van der Waals surface area contributed by atoms with Gasteiger partial charge in [-0.15, -0.1) is 0 Å². The number of anilines is 1. The number of nitrogens with zero attached hydrogens (tertiary/aromatic N) is 1. The zero-order valence-corrected chi connectivity index (χ0v) is 14.2. The number of likely N-dealkylation sites (N-methyl/N-ethyl adjacent to an activating group) is 1. The second-order valence-electron chi connectivity index (χ2n) is 5.20. The largest absolute Gasteiger partial charge is 0.449 e. The number of carbonyl (C=O) groups is 2. The van der Waals surface area contributed by atoms with Crippen molar-refractivity contribution < 1.29 is 14.3 Å². The number of rotatable bonds is 5. The van der Waals surface area contributed by atoms with Crippen LogP contribution in [0.4, 0.5) is 5.69 Å². The van der Waals surface area contributed by atoms with Crippen LogP contribution in [-0.4, -0.2) is 25.0 Å². The molecule has 2 aromatic carbocycles. The maximum atomic E-state index is 12.3. The number of hydrogen-bond acceptors (Lipinski definition) is 3. The second-order valence-corrected chi connectivity index (χ2v) is 5.63. The number of benzene rings is 2. The number of esters is 1. The predicted octanol–water partition coefficient (Wildman–Crippen LogP) is 3.95. The Bertz CT molecular complexity index is 726. The zero-order valence-electron chi connectivity index (χ0n) is 13.5. The van der Waals surface area contributed by atoms with Crippen LogP contribution in [0.2, 0.25) is 5.02 Å². The number of para-hydroxylation sites is 1. The van der Waals surface area contributed by atoms with Crippen molar-refractivity contribution in [2.75, 3.05) is 11.9 Å². The minimum Gasteiger partial charge on any atom is -0.449 e. The zero-order chi connectivity index (χ0) is 17.5. The third-order valence-electron chi connectivity index (χ3n) is 3.40. The second kappa shape index (κ2) is 8.31. The molecular weight excluding hydrogens is 326 g/mol. The van der Waals surface area contributed by atoms with Gasteiger partial charge < -0.3 is 9.64 Å². The van der Waals surface area contributed by atoms with E-state index in [4.69, 9.17) is 16.3 Å². The molecule has 0 aliphatic carbocycles. The van der Waals surface area contributed by atoms with Gasteiger partial charge in [0.2, 0.25) is 0 Å². The van der Waals surface area contributed by atoms with Crippen LogP contribution in [0.5, 0.6) is 0 Å². The molecule has 0 bridgehead atoms. The van der Waals surface area contributed by atoms with Crippen LogP contribution < -0.4 is 4.90 Å². The van der Waals surface area contributed by atoms with Gasteiger partial charge in [-0.05, 0) is 42.8 Å². The van der Waals surface area contributed by atoms with E-state index in [0.717, 1.165) is 11.3 Å². The summed E-state index contributed by atoms with van der Waals surface area (Å²) in [7, 11) is 1.64. The molecule has 0 fully saturated rings. The lowest BCUT2D eigenvalue weighted by Crippen LogP contribution is -2.37. The Hall–Kier alpha value is -2.59. The molecular formula is C19H18ClNO3. The fourth-order valence-electron chi connectivity index (χ4n) is 2.05. The highest BCUT2D eigenvalue weighted by atomic mass is 35.5. The third-order valence-corrected chi connectivity index (χ3v) is 3.65. The molecule has 1 atom stereocenters. The topological polar surface area (TPSA) is 46.6 Å². The number of halogens is 1. The lowest BCUT2D eigenvalue weighted by Gasteiger charge is -2.21. The molecule has 0 spiro atoms. The lowest BCUT2D eigenvalue weighted by molar-refractivity contribution is -0.148. The van der Waals surface area contributed by atoms with E-state index in [1.54, 1.807) is 44.3 Å². The van der Waals surface area contributed by atoms with Crippen molar-refractivity contribution >= 4 is 35.2 Å².